The fraction of sp³-hybridized carbons (Fsp3) is 0. The number of aromatic amines is 1. The SMILES string of the molecule is O=c1[nH]cco1.[I-].[Na+]. The molecule has 0 spiro atoms. The third-order valence-corrected chi connectivity index (χ3v) is 0.444. The summed E-state index contributed by atoms with van der Waals surface area (Å²) in [7, 11) is 0. The predicted molar refractivity (Wildman–Crippen MR) is 19.3 cm³/mol. The van der Waals surface area contributed by atoms with Gasteiger partial charge in [0.2, 0.25) is 0 Å². The number of hydrogen-bond acceptors (Lipinski definition) is 2. The molecule has 0 atom stereocenters. The summed E-state index contributed by atoms with van der Waals surface area (Å²) in [6.45, 7) is 0. The standard InChI is InChI=1S/C3H3NO2.HI.Na/c5-3-4-1-2-6-3;;/h1-2H,(H,4,5);1H;/q;;+1/p-1. The fourth-order valence-corrected chi connectivity index (χ4v) is 0.232. The number of hydrogen-bond donors (Lipinski definition) is 1. The molecule has 0 unspecified atom stereocenters. The van der Waals surface area contributed by atoms with Crippen molar-refractivity contribution in [1.29, 1.82) is 0 Å². The molecular formula is C3H3INNaO2. The maximum atomic E-state index is 9.85. The summed E-state index contributed by atoms with van der Waals surface area (Å²) >= 11 is 0. The Kier molecular flexibility index (Phi) is 8.46. The van der Waals surface area contributed by atoms with Crippen LogP contribution >= 0.6 is 0 Å². The van der Waals surface area contributed by atoms with E-state index in [2.05, 4.69) is 9.40 Å². The molecule has 0 aliphatic rings. The Hall–Kier alpha value is 0.740. The van der Waals surface area contributed by atoms with Gasteiger partial charge in [-0.2, -0.15) is 0 Å². The van der Waals surface area contributed by atoms with Gasteiger partial charge < -0.3 is 28.4 Å². The summed E-state index contributed by atoms with van der Waals surface area (Å²) in [4.78, 5) is 12.1. The topological polar surface area (TPSA) is 46.0 Å². The quantitative estimate of drug-likeness (QED) is 0.359. The number of oxazole rings is 1. The number of nitrogens with one attached hydrogen (secondary N) is 1. The number of H-pyrrole nitrogens is 1. The van der Waals surface area contributed by atoms with Crippen LogP contribution in [0.25, 0.3) is 0 Å². The molecule has 1 N–H and O–H groups in total. The summed E-state index contributed by atoms with van der Waals surface area (Å²) < 4.78 is 4.22. The van der Waals surface area contributed by atoms with E-state index in [9.17, 15) is 4.79 Å². The van der Waals surface area contributed by atoms with Crippen molar-refractivity contribution in [1.82, 2.24) is 4.98 Å². The molecule has 0 bridgehead atoms. The first-order chi connectivity index (χ1) is 2.89. The van der Waals surface area contributed by atoms with Crippen molar-refractivity contribution in [3.8, 4) is 0 Å². The van der Waals surface area contributed by atoms with Crippen molar-refractivity contribution in [2.24, 2.45) is 0 Å². The van der Waals surface area contributed by atoms with Gasteiger partial charge in [-0.15, -0.1) is 0 Å². The molecule has 5 heteroatoms. The van der Waals surface area contributed by atoms with E-state index in [1.165, 1.54) is 12.5 Å². The zero-order chi connectivity index (χ0) is 4.41. The zero-order valence-electron chi connectivity index (χ0n) is 4.35. The molecule has 0 aromatic carbocycles. The Morgan fingerprint density at radius 2 is 2.25 bits per heavy atom. The Morgan fingerprint density at radius 1 is 1.62 bits per heavy atom. The van der Waals surface area contributed by atoms with Crippen LogP contribution in [0.5, 0.6) is 0 Å². The molecule has 40 valence electrons. The monoisotopic (exact) mass is 235 g/mol. The third kappa shape index (κ3) is 3.71. The van der Waals surface area contributed by atoms with E-state index in [0.29, 0.717) is 0 Å². The van der Waals surface area contributed by atoms with Crippen molar-refractivity contribution in [3.05, 3.63) is 23.0 Å². The fourth-order valence-electron chi connectivity index (χ4n) is 0.232. The van der Waals surface area contributed by atoms with E-state index in [-0.39, 0.29) is 53.5 Å². The van der Waals surface area contributed by atoms with Crippen LogP contribution in [0.2, 0.25) is 0 Å². The molecule has 8 heavy (non-hydrogen) atoms. The average molecular weight is 235 g/mol. The summed E-state index contributed by atoms with van der Waals surface area (Å²) in [5.74, 6) is -0.407. The van der Waals surface area contributed by atoms with Gasteiger partial charge in [-0.3, -0.25) is 4.98 Å². The Balaban J connectivity index is 0. The van der Waals surface area contributed by atoms with E-state index in [4.69, 9.17) is 0 Å². The second kappa shape index (κ2) is 5.87. The van der Waals surface area contributed by atoms with Gasteiger partial charge in [-0.1, -0.05) is 0 Å². The second-order valence-electron chi connectivity index (χ2n) is 0.852. The molecule has 0 saturated heterocycles. The van der Waals surface area contributed by atoms with Crippen LogP contribution < -0.4 is 59.3 Å². The van der Waals surface area contributed by atoms with E-state index in [1.54, 1.807) is 0 Å². The van der Waals surface area contributed by atoms with Gasteiger partial charge in [-0.25, -0.2) is 4.79 Å². The van der Waals surface area contributed by atoms with Crippen molar-refractivity contribution >= 4 is 0 Å². The third-order valence-electron chi connectivity index (χ3n) is 0.444. The van der Waals surface area contributed by atoms with Crippen molar-refractivity contribution in [2.45, 2.75) is 0 Å². The average Bonchev–Trinajstić information content (AvgIpc) is 1.86. The minimum Gasteiger partial charge on any atom is -1.00 e. The normalized spacial score (nSPS) is 6.50. The summed E-state index contributed by atoms with van der Waals surface area (Å²) in [5.41, 5.74) is 0. The maximum absolute atomic E-state index is 9.85. The molecule has 0 saturated carbocycles. The van der Waals surface area contributed by atoms with Crippen LogP contribution in [0.1, 0.15) is 0 Å². The molecule has 1 aromatic heterocycles. The number of halogens is 1. The van der Waals surface area contributed by atoms with Crippen molar-refractivity contribution in [3.63, 3.8) is 0 Å². The first kappa shape index (κ1) is 11.5. The van der Waals surface area contributed by atoms with Gasteiger partial charge in [0.15, 0.2) is 0 Å². The van der Waals surface area contributed by atoms with Gasteiger partial charge in [0.25, 0.3) is 0 Å². The van der Waals surface area contributed by atoms with Crippen molar-refractivity contribution in [2.75, 3.05) is 0 Å². The Labute approximate surface area is 85.2 Å². The first-order valence-corrected chi connectivity index (χ1v) is 1.52. The first-order valence-electron chi connectivity index (χ1n) is 1.52. The van der Waals surface area contributed by atoms with E-state index >= 15 is 0 Å². The molecule has 0 amide bonds. The summed E-state index contributed by atoms with van der Waals surface area (Å²) in [5, 5.41) is 0. The van der Waals surface area contributed by atoms with Crippen LogP contribution in [-0.2, 0) is 0 Å². The van der Waals surface area contributed by atoms with Crippen LogP contribution in [0.15, 0.2) is 21.7 Å². The molecule has 0 fully saturated rings. The second-order valence-corrected chi connectivity index (χ2v) is 0.852. The summed E-state index contributed by atoms with van der Waals surface area (Å²) in [6, 6.07) is 0. The number of rotatable bonds is 0. The smallest absolute Gasteiger partial charge is 1.00 e. The van der Waals surface area contributed by atoms with Gasteiger partial charge in [0.1, 0.15) is 6.26 Å². The van der Waals surface area contributed by atoms with Crippen LogP contribution in [0.3, 0.4) is 0 Å². The Morgan fingerprint density at radius 3 is 2.38 bits per heavy atom. The molecule has 1 heterocycles. The zero-order valence-corrected chi connectivity index (χ0v) is 8.51. The van der Waals surface area contributed by atoms with E-state index < -0.39 is 5.76 Å². The molecule has 0 aliphatic carbocycles. The molecular weight excluding hydrogens is 232 g/mol. The van der Waals surface area contributed by atoms with Gasteiger partial charge >= 0.3 is 35.3 Å². The molecule has 0 radical (unpaired) electrons. The Bertz CT molecular complexity index is 155. The van der Waals surface area contributed by atoms with E-state index in [0.717, 1.165) is 0 Å². The van der Waals surface area contributed by atoms with Crippen LogP contribution in [-0.4, -0.2) is 4.98 Å². The molecule has 1 aromatic rings. The maximum Gasteiger partial charge on any atom is 1.00 e. The van der Waals surface area contributed by atoms with Gasteiger partial charge in [0.05, 0.1) is 0 Å². The van der Waals surface area contributed by atoms with Crippen molar-refractivity contribution < 1.29 is 58.0 Å². The molecule has 1 rings (SSSR count). The van der Waals surface area contributed by atoms with E-state index in [1.807, 2.05) is 0 Å². The van der Waals surface area contributed by atoms with Crippen LogP contribution in [0.4, 0.5) is 0 Å². The molecule has 0 aliphatic heterocycles. The minimum absolute atomic E-state index is 0. The largest absolute Gasteiger partial charge is 1.00 e. The van der Waals surface area contributed by atoms with Crippen LogP contribution in [0, 0.1) is 0 Å². The minimum atomic E-state index is -0.407. The predicted octanol–water partition coefficient (Wildman–Crippen LogP) is -6.02. The van der Waals surface area contributed by atoms with Gasteiger partial charge in [0, 0.05) is 6.20 Å². The van der Waals surface area contributed by atoms with Gasteiger partial charge in [-0.05, 0) is 0 Å². The number of aromatic nitrogens is 1. The summed E-state index contributed by atoms with van der Waals surface area (Å²) in [6.07, 6.45) is 2.73. The molecule has 3 nitrogen and oxygen atoms in total.